The lowest BCUT2D eigenvalue weighted by Gasteiger charge is -2.23. The molecule has 0 N–H and O–H groups in total. The van der Waals surface area contributed by atoms with Crippen LogP contribution in [0.4, 0.5) is 0 Å². The third-order valence-electron chi connectivity index (χ3n) is 4.11. The van der Waals surface area contributed by atoms with E-state index in [9.17, 15) is 9.59 Å². The number of aryl methyl sites for hydroxylation is 1. The zero-order valence-corrected chi connectivity index (χ0v) is 17.1. The third kappa shape index (κ3) is 5.57. The van der Waals surface area contributed by atoms with Crippen molar-refractivity contribution >= 4 is 23.5 Å². The smallest absolute Gasteiger partial charge is 0.343 e. The van der Waals surface area contributed by atoms with Crippen LogP contribution in [0, 0.1) is 6.92 Å². The lowest BCUT2D eigenvalue weighted by molar-refractivity contribution is -0.142. The molecule has 0 spiro atoms. The zero-order valence-electron chi connectivity index (χ0n) is 16.4. The van der Waals surface area contributed by atoms with Gasteiger partial charge in [-0.3, -0.25) is 4.79 Å². The van der Waals surface area contributed by atoms with Gasteiger partial charge < -0.3 is 9.47 Å². The molecule has 0 aromatic heterocycles. The number of ether oxygens (including phenoxy) is 2. The molecule has 0 aliphatic heterocycles. The fraction of sp³-hybridized carbons (Fsp3) is 0.364. The van der Waals surface area contributed by atoms with E-state index >= 15 is 0 Å². The Kier molecular flexibility index (Phi) is 6.66. The predicted molar refractivity (Wildman–Crippen MR) is 107 cm³/mol. The van der Waals surface area contributed by atoms with E-state index in [-0.39, 0.29) is 17.8 Å². The van der Waals surface area contributed by atoms with Crippen LogP contribution in [0.2, 0.25) is 5.02 Å². The van der Waals surface area contributed by atoms with Crippen molar-refractivity contribution in [2.24, 2.45) is 0 Å². The Balaban J connectivity index is 2.43. The predicted octanol–water partition coefficient (Wildman–Crippen LogP) is 5.27. The van der Waals surface area contributed by atoms with Gasteiger partial charge in [-0.05, 0) is 48.6 Å². The minimum absolute atomic E-state index is 0.0385. The standard InChI is InChI=1S/C22H25ClO4/c1-6-26-19(24)13-16-11-17(22(3,4)5)10-14(2)20(16)27-21(25)15-8-7-9-18(23)12-15/h7-12H,6,13H2,1-5H3. The van der Waals surface area contributed by atoms with E-state index in [2.05, 4.69) is 20.8 Å². The van der Waals surface area contributed by atoms with E-state index in [0.29, 0.717) is 28.5 Å². The topological polar surface area (TPSA) is 52.6 Å². The molecule has 0 saturated heterocycles. The molecule has 0 radical (unpaired) electrons. The van der Waals surface area contributed by atoms with Crippen molar-refractivity contribution in [1.29, 1.82) is 0 Å². The van der Waals surface area contributed by atoms with Crippen molar-refractivity contribution < 1.29 is 19.1 Å². The van der Waals surface area contributed by atoms with Gasteiger partial charge in [-0.25, -0.2) is 4.79 Å². The number of halogens is 1. The summed E-state index contributed by atoms with van der Waals surface area (Å²) in [6, 6.07) is 10.5. The van der Waals surface area contributed by atoms with Gasteiger partial charge in [0, 0.05) is 10.6 Å². The highest BCUT2D eigenvalue weighted by molar-refractivity contribution is 6.30. The molecule has 27 heavy (non-hydrogen) atoms. The van der Waals surface area contributed by atoms with Crippen molar-refractivity contribution in [1.82, 2.24) is 0 Å². The molecule has 0 unspecified atom stereocenters. The second-order valence-corrected chi connectivity index (χ2v) is 7.85. The molecule has 0 aliphatic carbocycles. The number of hydrogen-bond donors (Lipinski definition) is 0. The molecular formula is C22H25ClO4. The lowest BCUT2D eigenvalue weighted by Crippen LogP contribution is -2.17. The summed E-state index contributed by atoms with van der Waals surface area (Å²) in [7, 11) is 0. The van der Waals surface area contributed by atoms with Crippen LogP contribution in [0.25, 0.3) is 0 Å². The number of rotatable bonds is 5. The van der Waals surface area contributed by atoms with Gasteiger partial charge in [0.1, 0.15) is 5.75 Å². The van der Waals surface area contributed by atoms with Gasteiger partial charge in [0.2, 0.25) is 0 Å². The molecule has 0 amide bonds. The average molecular weight is 389 g/mol. The molecule has 2 aromatic carbocycles. The third-order valence-corrected chi connectivity index (χ3v) is 4.35. The fourth-order valence-corrected chi connectivity index (χ4v) is 2.88. The summed E-state index contributed by atoms with van der Waals surface area (Å²) in [5.74, 6) is -0.488. The molecule has 4 nitrogen and oxygen atoms in total. The van der Waals surface area contributed by atoms with E-state index in [1.807, 2.05) is 19.1 Å². The molecule has 0 heterocycles. The van der Waals surface area contributed by atoms with Crippen LogP contribution in [0.5, 0.6) is 5.75 Å². The minimum Gasteiger partial charge on any atom is -0.466 e. The van der Waals surface area contributed by atoms with Crippen LogP contribution in [0.1, 0.15) is 54.7 Å². The summed E-state index contributed by atoms with van der Waals surface area (Å²) in [6.07, 6.45) is 0.0385. The van der Waals surface area contributed by atoms with Crippen molar-refractivity contribution in [2.45, 2.75) is 46.5 Å². The first kappa shape index (κ1) is 21.0. The van der Waals surface area contributed by atoms with Crippen LogP contribution < -0.4 is 4.74 Å². The van der Waals surface area contributed by atoms with Crippen LogP contribution in [0.3, 0.4) is 0 Å². The normalized spacial score (nSPS) is 11.2. The van der Waals surface area contributed by atoms with Crippen LogP contribution in [-0.2, 0) is 21.4 Å². The summed E-state index contributed by atoms with van der Waals surface area (Å²) in [6.45, 7) is 10.2. The van der Waals surface area contributed by atoms with Crippen molar-refractivity contribution in [3.63, 3.8) is 0 Å². The number of esters is 2. The minimum atomic E-state index is -0.519. The van der Waals surface area contributed by atoms with E-state index in [1.54, 1.807) is 31.2 Å². The van der Waals surface area contributed by atoms with Crippen LogP contribution in [-0.4, -0.2) is 18.5 Å². The van der Waals surface area contributed by atoms with Crippen molar-refractivity contribution in [3.05, 3.63) is 63.7 Å². The Labute approximate surface area is 165 Å². The second-order valence-electron chi connectivity index (χ2n) is 7.41. The Morgan fingerprint density at radius 2 is 1.81 bits per heavy atom. The summed E-state index contributed by atoms with van der Waals surface area (Å²) >= 11 is 5.96. The Morgan fingerprint density at radius 3 is 2.41 bits per heavy atom. The molecule has 0 atom stereocenters. The van der Waals surface area contributed by atoms with E-state index in [4.69, 9.17) is 21.1 Å². The van der Waals surface area contributed by atoms with Gasteiger partial charge >= 0.3 is 11.9 Å². The Hall–Kier alpha value is -2.33. The summed E-state index contributed by atoms with van der Waals surface area (Å²) in [5, 5.41) is 0.455. The van der Waals surface area contributed by atoms with Gasteiger partial charge in [0.05, 0.1) is 18.6 Å². The fourth-order valence-electron chi connectivity index (χ4n) is 2.69. The largest absolute Gasteiger partial charge is 0.466 e. The lowest BCUT2D eigenvalue weighted by atomic mass is 9.84. The molecule has 0 fully saturated rings. The van der Waals surface area contributed by atoms with E-state index in [1.165, 1.54) is 0 Å². The second kappa shape index (κ2) is 8.57. The summed E-state index contributed by atoms with van der Waals surface area (Å²) < 4.78 is 10.7. The maximum absolute atomic E-state index is 12.6. The zero-order chi connectivity index (χ0) is 20.2. The van der Waals surface area contributed by atoms with Gasteiger partial charge in [-0.2, -0.15) is 0 Å². The Morgan fingerprint density at radius 1 is 1.11 bits per heavy atom. The highest BCUT2D eigenvalue weighted by Crippen LogP contribution is 2.32. The highest BCUT2D eigenvalue weighted by atomic mass is 35.5. The Bertz CT molecular complexity index is 850. The van der Waals surface area contributed by atoms with Crippen molar-refractivity contribution in [3.8, 4) is 5.75 Å². The van der Waals surface area contributed by atoms with Crippen LogP contribution >= 0.6 is 11.6 Å². The van der Waals surface area contributed by atoms with Gasteiger partial charge in [-0.1, -0.05) is 50.6 Å². The number of carbonyl (C=O) groups is 2. The van der Waals surface area contributed by atoms with E-state index in [0.717, 1.165) is 11.1 Å². The first-order valence-corrected chi connectivity index (χ1v) is 9.27. The molecule has 144 valence electrons. The molecule has 0 bridgehead atoms. The first-order valence-electron chi connectivity index (χ1n) is 8.89. The monoisotopic (exact) mass is 388 g/mol. The molecule has 0 aliphatic rings. The first-order chi connectivity index (χ1) is 12.6. The summed E-state index contributed by atoms with van der Waals surface area (Å²) in [5.41, 5.74) is 2.72. The molecule has 5 heteroatoms. The summed E-state index contributed by atoms with van der Waals surface area (Å²) in [4.78, 5) is 24.6. The van der Waals surface area contributed by atoms with Gasteiger partial charge in [0.25, 0.3) is 0 Å². The number of carbonyl (C=O) groups excluding carboxylic acids is 2. The number of hydrogen-bond acceptors (Lipinski definition) is 4. The van der Waals surface area contributed by atoms with Crippen LogP contribution in [0.15, 0.2) is 36.4 Å². The maximum atomic E-state index is 12.6. The number of benzene rings is 2. The molecular weight excluding hydrogens is 364 g/mol. The SMILES string of the molecule is CCOC(=O)Cc1cc(C(C)(C)C)cc(C)c1OC(=O)c1cccc(Cl)c1. The maximum Gasteiger partial charge on any atom is 0.343 e. The molecule has 0 saturated carbocycles. The van der Waals surface area contributed by atoms with Crippen molar-refractivity contribution in [2.75, 3.05) is 6.61 Å². The highest BCUT2D eigenvalue weighted by Gasteiger charge is 2.22. The van der Waals surface area contributed by atoms with Gasteiger partial charge in [-0.15, -0.1) is 0 Å². The van der Waals surface area contributed by atoms with E-state index < -0.39 is 5.97 Å². The molecule has 2 aromatic rings. The average Bonchev–Trinajstić information content (AvgIpc) is 2.56. The molecule has 2 rings (SSSR count). The van der Waals surface area contributed by atoms with Gasteiger partial charge in [0.15, 0.2) is 0 Å². The quantitative estimate of drug-likeness (QED) is 0.517.